The van der Waals surface area contributed by atoms with E-state index >= 15 is 0 Å². The summed E-state index contributed by atoms with van der Waals surface area (Å²) < 4.78 is 0. The molecule has 0 nitrogen and oxygen atoms in total. The molecule has 210 valence electrons. The average molecular weight is 563 g/mol. The van der Waals surface area contributed by atoms with Crippen LogP contribution in [0.2, 0.25) is 0 Å². The zero-order valence-electron chi connectivity index (χ0n) is 25.3. The summed E-state index contributed by atoms with van der Waals surface area (Å²) in [6.07, 6.45) is 5.91. The molecule has 0 fully saturated rings. The monoisotopic (exact) mass is 562 g/mol. The van der Waals surface area contributed by atoms with Crippen LogP contribution in [0.25, 0.3) is 71.3 Å². The molecule has 7 rings (SSSR count). The van der Waals surface area contributed by atoms with Gasteiger partial charge in [-0.3, -0.25) is 0 Å². The van der Waals surface area contributed by atoms with Gasteiger partial charge in [-0.15, -0.1) is 0 Å². The Balaban J connectivity index is 1.90. The molecule has 0 heterocycles. The lowest BCUT2D eigenvalue weighted by molar-refractivity contribution is 1.47. The maximum absolute atomic E-state index is 4.69. The van der Waals surface area contributed by atoms with Crippen molar-refractivity contribution in [1.29, 1.82) is 0 Å². The molecule has 0 heteroatoms. The Kier molecular flexibility index (Phi) is 7.04. The molecular formula is C44H34. The van der Waals surface area contributed by atoms with Gasteiger partial charge in [0.25, 0.3) is 0 Å². The van der Waals surface area contributed by atoms with E-state index in [1.54, 1.807) is 0 Å². The highest BCUT2D eigenvalue weighted by Gasteiger charge is 2.26. The molecular weight excluding hydrogens is 528 g/mol. The number of rotatable bonds is 6. The molecule has 0 unspecified atom stereocenters. The van der Waals surface area contributed by atoms with Gasteiger partial charge >= 0.3 is 0 Å². The van der Waals surface area contributed by atoms with E-state index < -0.39 is 0 Å². The van der Waals surface area contributed by atoms with Gasteiger partial charge < -0.3 is 0 Å². The van der Waals surface area contributed by atoms with E-state index in [1.165, 1.54) is 76.8 Å². The Hall–Kier alpha value is -5.46. The molecule has 0 saturated heterocycles. The fourth-order valence-corrected chi connectivity index (χ4v) is 6.90. The van der Waals surface area contributed by atoms with Crippen LogP contribution < -0.4 is 0 Å². The molecule has 0 radical (unpaired) electrons. The smallest absolute Gasteiger partial charge is 0.000129 e. The summed E-state index contributed by atoms with van der Waals surface area (Å²) in [4.78, 5) is 0. The second-order valence-corrected chi connectivity index (χ2v) is 11.5. The summed E-state index contributed by atoms with van der Waals surface area (Å²) in [5, 5.41) is 7.38. The average Bonchev–Trinajstić information content (AvgIpc) is 3.06. The van der Waals surface area contributed by atoms with E-state index in [2.05, 4.69) is 160 Å². The van der Waals surface area contributed by atoms with E-state index in [4.69, 9.17) is 0 Å². The topological polar surface area (TPSA) is 0 Å². The standard InChI is InChI=1S/C44H34/c1-5-6-18-31(4)39-35-25-14-15-26-36(35)40(32-21-8-7-9-22-32)44-42(34-24-13-11-20-30(34)3)38-28-17-16-27-37(38)41(43(39)44)33-23-12-10-19-29(33)2/h5-28H,1,4H2,2-3H3. The second kappa shape index (κ2) is 11.3. The molecule has 0 aliphatic heterocycles. The predicted octanol–water partition coefficient (Wildman–Crippen LogP) is 12.5. The third-order valence-corrected chi connectivity index (χ3v) is 8.83. The van der Waals surface area contributed by atoms with Crippen molar-refractivity contribution in [2.75, 3.05) is 0 Å². The molecule has 44 heavy (non-hydrogen) atoms. The van der Waals surface area contributed by atoms with Crippen LogP contribution in [0.15, 0.2) is 159 Å². The van der Waals surface area contributed by atoms with Crippen molar-refractivity contribution >= 4 is 37.9 Å². The summed E-state index contributed by atoms with van der Waals surface area (Å²) >= 11 is 0. The normalized spacial score (nSPS) is 11.5. The van der Waals surface area contributed by atoms with E-state index in [1.807, 2.05) is 12.2 Å². The van der Waals surface area contributed by atoms with Crippen molar-refractivity contribution in [1.82, 2.24) is 0 Å². The van der Waals surface area contributed by atoms with Gasteiger partial charge in [0.15, 0.2) is 0 Å². The van der Waals surface area contributed by atoms with Gasteiger partial charge in [0.2, 0.25) is 0 Å². The Bertz CT molecular complexity index is 2260. The van der Waals surface area contributed by atoms with Gasteiger partial charge in [0.1, 0.15) is 0 Å². The largest absolute Gasteiger partial charge is 0.0991 e. The minimum atomic E-state index is 0.964. The summed E-state index contributed by atoms with van der Waals surface area (Å²) in [5.74, 6) is 0. The first-order chi connectivity index (χ1) is 21.6. The quantitative estimate of drug-likeness (QED) is 0.140. The molecule has 0 aliphatic carbocycles. The highest BCUT2D eigenvalue weighted by molar-refractivity contribution is 6.32. The van der Waals surface area contributed by atoms with Crippen LogP contribution in [0.1, 0.15) is 16.7 Å². The van der Waals surface area contributed by atoms with Crippen LogP contribution in [0.3, 0.4) is 0 Å². The molecule has 0 aliphatic rings. The fraction of sp³-hybridized carbons (Fsp3) is 0.0455. The maximum Gasteiger partial charge on any atom is -0.000129 e. The highest BCUT2D eigenvalue weighted by atomic mass is 14.3. The van der Waals surface area contributed by atoms with Gasteiger partial charge in [-0.1, -0.05) is 159 Å². The third-order valence-electron chi connectivity index (χ3n) is 8.83. The number of aryl methyl sites for hydroxylation is 2. The third kappa shape index (κ3) is 4.39. The van der Waals surface area contributed by atoms with Crippen LogP contribution in [0, 0.1) is 13.8 Å². The van der Waals surface area contributed by atoms with Crippen molar-refractivity contribution in [3.8, 4) is 33.4 Å². The SMILES string of the molecule is C=CC=CC(=C)c1c2ccccc2c(-c2ccccc2)c2c(-c3ccccc3C)c3ccccc3c(-c3ccccc3C)c12. The van der Waals surface area contributed by atoms with E-state index in [9.17, 15) is 0 Å². The molecule has 7 aromatic carbocycles. The first-order valence-corrected chi connectivity index (χ1v) is 15.2. The van der Waals surface area contributed by atoms with Crippen molar-refractivity contribution < 1.29 is 0 Å². The number of hydrogen-bond donors (Lipinski definition) is 0. The minimum absolute atomic E-state index is 0.964. The molecule has 0 bridgehead atoms. The number of allylic oxidation sites excluding steroid dienone is 4. The first-order valence-electron chi connectivity index (χ1n) is 15.2. The Morgan fingerprint density at radius 2 is 0.955 bits per heavy atom. The van der Waals surface area contributed by atoms with Crippen LogP contribution in [-0.2, 0) is 0 Å². The predicted molar refractivity (Wildman–Crippen MR) is 193 cm³/mol. The summed E-state index contributed by atoms with van der Waals surface area (Å²) in [7, 11) is 0. The van der Waals surface area contributed by atoms with Crippen LogP contribution >= 0.6 is 0 Å². The summed E-state index contributed by atoms with van der Waals surface area (Å²) in [5.41, 5.74) is 12.1. The molecule has 0 N–H and O–H groups in total. The van der Waals surface area contributed by atoms with Crippen LogP contribution in [0.4, 0.5) is 0 Å². The Labute approximate surface area is 259 Å². The second-order valence-electron chi connectivity index (χ2n) is 11.5. The fourth-order valence-electron chi connectivity index (χ4n) is 6.90. The van der Waals surface area contributed by atoms with Gasteiger partial charge in [-0.2, -0.15) is 0 Å². The minimum Gasteiger partial charge on any atom is -0.0991 e. The van der Waals surface area contributed by atoms with Crippen molar-refractivity contribution in [3.63, 3.8) is 0 Å². The molecule has 0 saturated carbocycles. The maximum atomic E-state index is 4.69. The van der Waals surface area contributed by atoms with Gasteiger partial charge in [-0.05, 0) is 102 Å². The van der Waals surface area contributed by atoms with Gasteiger partial charge in [0, 0.05) is 0 Å². The summed E-state index contributed by atoms with van der Waals surface area (Å²) in [6, 6.07) is 46.2. The van der Waals surface area contributed by atoms with E-state index in [0.717, 1.165) is 11.1 Å². The molecule has 0 aromatic heterocycles. The van der Waals surface area contributed by atoms with Gasteiger partial charge in [-0.25, -0.2) is 0 Å². The lowest BCUT2D eigenvalue weighted by Crippen LogP contribution is -2.00. The lowest BCUT2D eigenvalue weighted by atomic mass is 9.77. The Morgan fingerprint density at radius 1 is 0.500 bits per heavy atom. The zero-order chi connectivity index (χ0) is 30.2. The molecule has 7 aromatic rings. The lowest BCUT2D eigenvalue weighted by Gasteiger charge is -2.26. The van der Waals surface area contributed by atoms with E-state index in [0.29, 0.717) is 0 Å². The highest BCUT2D eigenvalue weighted by Crippen LogP contribution is 2.53. The van der Waals surface area contributed by atoms with Crippen LogP contribution in [-0.4, -0.2) is 0 Å². The molecule has 0 spiro atoms. The van der Waals surface area contributed by atoms with Crippen molar-refractivity contribution in [2.24, 2.45) is 0 Å². The zero-order valence-corrected chi connectivity index (χ0v) is 25.3. The number of fused-ring (bicyclic) bond motifs is 3. The number of hydrogen-bond acceptors (Lipinski definition) is 0. The summed E-state index contributed by atoms with van der Waals surface area (Å²) in [6.45, 7) is 13.1. The first kappa shape index (κ1) is 27.4. The van der Waals surface area contributed by atoms with Crippen molar-refractivity contribution in [3.05, 3.63) is 175 Å². The molecule has 0 amide bonds. The van der Waals surface area contributed by atoms with Gasteiger partial charge in [0.05, 0.1) is 0 Å². The molecule has 0 atom stereocenters. The van der Waals surface area contributed by atoms with Crippen molar-refractivity contribution in [2.45, 2.75) is 13.8 Å². The Morgan fingerprint density at radius 3 is 1.50 bits per heavy atom. The number of benzene rings is 7. The van der Waals surface area contributed by atoms with Crippen LogP contribution in [0.5, 0.6) is 0 Å². The van der Waals surface area contributed by atoms with E-state index in [-0.39, 0.29) is 0 Å².